The van der Waals surface area contributed by atoms with E-state index in [-0.39, 0.29) is 18.3 Å². The number of likely N-dealkylation sites (tertiary alicyclic amines) is 1. The third-order valence-electron chi connectivity index (χ3n) is 5.01. The van der Waals surface area contributed by atoms with Crippen LogP contribution in [0.1, 0.15) is 16.8 Å². The van der Waals surface area contributed by atoms with Gasteiger partial charge in [-0.05, 0) is 48.2 Å². The van der Waals surface area contributed by atoms with Crippen molar-refractivity contribution in [2.75, 3.05) is 26.2 Å². The Hall–Kier alpha value is -1.58. The van der Waals surface area contributed by atoms with Crippen LogP contribution in [0.25, 0.3) is 10.8 Å². The SMILES string of the molecule is Cl.O=C(c1cccc2ccccc12)N1CCC2CNCC2C1. The van der Waals surface area contributed by atoms with Crippen LogP contribution in [0.2, 0.25) is 0 Å². The van der Waals surface area contributed by atoms with E-state index in [0.717, 1.165) is 54.9 Å². The van der Waals surface area contributed by atoms with Gasteiger partial charge in [-0.15, -0.1) is 12.4 Å². The number of nitrogens with one attached hydrogen (secondary N) is 1. The van der Waals surface area contributed by atoms with Crippen LogP contribution in [0.5, 0.6) is 0 Å². The second kappa shape index (κ2) is 6.27. The molecule has 0 radical (unpaired) electrons. The number of rotatable bonds is 1. The summed E-state index contributed by atoms with van der Waals surface area (Å²) in [6.45, 7) is 3.98. The van der Waals surface area contributed by atoms with Crippen LogP contribution in [0, 0.1) is 11.8 Å². The Balaban J connectivity index is 0.00000144. The maximum Gasteiger partial charge on any atom is 0.254 e. The number of carbonyl (C=O) groups excluding carboxylic acids is 1. The first-order valence-electron chi connectivity index (χ1n) is 7.80. The molecule has 4 rings (SSSR count). The average Bonchev–Trinajstić information content (AvgIpc) is 3.01. The highest BCUT2D eigenvalue weighted by Gasteiger charge is 2.34. The summed E-state index contributed by atoms with van der Waals surface area (Å²) in [4.78, 5) is 15.0. The minimum atomic E-state index is 0. The van der Waals surface area contributed by atoms with Crippen molar-refractivity contribution >= 4 is 29.1 Å². The van der Waals surface area contributed by atoms with Crippen molar-refractivity contribution in [2.24, 2.45) is 11.8 Å². The molecule has 2 aliphatic heterocycles. The van der Waals surface area contributed by atoms with Crippen molar-refractivity contribution in [3.63, 3.8) is 0 Å². The highest BCUT2D eigenvalue weighted by molar-refractivity contribution is 6.07. The van der Waals surface area contributed by atoms with Gasteiger partial charge in [-0.2, -0.15) is 0 Å². The number of hydrogen-bond donors (Lipinski definition) is 1. The quantitative estimate of drug-likeness (QED) is 0.877. The minimum Gasteiger partial charge on any atom is -0.338 e. The molecule has 2 heterocycles. The van der Waals surface area contributed by atoms with E-state index in [0.29, 0.717) is 5.92 Å². The first-order valence-corrected chi connectivity index (χ1v) is 7.80. The highest BCUT2D eigenvalue weighted by atomic mass is 35.5. The van der Waals surface area contributed by atoms with Crippen LogP contribution in [-0.4, -0.2) is 37.0 Å². The molecular formula is C18H21ClN2O. The molecule has 22 heavy (non-hydrogen) atoms. The predicted octanol–water partition coefficient (Wildman–Crippen LogP) is 2.94. The van der Waals surface area contributed by atoms with Crippen molar-refractivity contribution in [2.45, 2.75) is 6.42 Å². The maximum atomic E-state index is 12.9. The van der Waals surface area contributed by atoms with Gasteiger partial charge in [0.1, 0.15) is 0 Å². The zero-order valence-corrected chi connectivity index (χ0v) is 13.3. The molecule has 116 valence electrons. The molecule has 2 aromatic rings. The van der Waals surface area contributed by atoms with Crippen molar-refractivity contribution < 1.29 is 4.79 Å². The summed E-state index contributed by atoms with van der Waals surface area (Å²) in [6, 6.07) is 14.2. The van der Waals surface area contributed by atoms with E-state index in [1.807, 2.05) is 30.3 Å². The lowest BCUT2D eigenvalue weighted by atomic mass is 9.88. The molecule has 2 aromatic carbocycles. The first kappa shape index (κ1) is 15.3. The second-order valence-corrected chi connectivity index (χ2v) is 6.24. The number of carbonyl (C=O) groups is 1. The highest BCUT2D eigenvalue weighted by Crippen LogP contribution is 2.28. The summed E-state index contributed by atoms with van der Waals surface area (Å²) in [5.41, 5.74) is 0.845. The average molecular weight is 317 g/mol. The molecular weight excluding hydrogens is 296 g/mol. The summed E-state index contributed by atoms with van der Waals surface area (Å²) in [5, 5.41) is 5.66. The molecule has 0 saturated carbocycles. The third kappa shape index (κ3) is 2.59. The standard InChI is InChI=1S/C18H20N2O.ClH/c21-18(20-9-8-14-10-19-11-15(14)12-20)17-7-3-5-13-4-1-2-6-16(13)17;/h1-7,14-15,19H,8-12H2;1H. The molecule has 2 unspecified atom stereocenters. The van der Waals surface area contributed by atoms with Crippen LogP contribution in [0.3, 0.4) is 0 Å². The van der Waals surface area contributed by atoms with E-state index in [2.05, 4.69) is 22.3 Å². The van der Waals surface area contributed by atoms with Crippen molar-refractivity contribution in [1.29, 1.82) is 0 Å². The normalized spacial score (nSPS) is 23.9. The van der Waals surface area contributed by atoms with Crippen molar-refractivity contribution in [3.05, 3.63) is 48.0 Å². The zero-order valence-electron chi connectivity index (χ0n) is 12.5. The summed E-state index contributed by atoms with van der Waals surface area (Å²) in [6.07, 6.45) is 1.13. The number of fused-ring (bicyclic) bond motifs is 2. The fourth-order valence-electron chi connectivity index (χ4n) is 3.80. The lowest BCUT2D eigenvalue weighted by Crippen LogP contribution is -2.43. The monoisotopic (exact) mass is 316 g/mol. The fraction of sp³-hybridized carbons (Fsp3) is 0.389. The van der Waals surface area contributed by atoms with E-state index in [1.165, 1.54) is 0 Å². The number of benzene rings is 2. The number of halogens is 1. The lowest BCUT2D eigenvalue weighted by Gasteiger charge is -2.34. The Morgan fingerprint density at radius 1 is 1.05 bits per heavy atom. The molecule has 2 saturated heterocycles. The number of piperidine rings is 1. The van der Waals surface area contributed by atoms with Gasteiger partial charge in [-0.1, -0.05) is 36.4 Å². The van der Waals surface area contributed by atoms with Gasteiger partial charge in [-0.25, -0.2) is 0 Å². The molecule has 2 aliphatic rings. The summed E-state index contributed by atoms with van der Waals surface area (Å²) < 4.78 is 0. The lowest BCUT2D eigenvalue weighted by molar-refractivity contribution is 0.0644. The van der Waals surface area contributed by atoms with E-state index in [1.54, 1.807) is 0 Å². The van der Waals surface area contributed by atoms with Gasteiger partial charge < -0.3 is 10.2 Å². The number of hydrogen-bond acceptors (Lipinski definition) is 2. The molecule has 0 aliphatic carbocycles. The van der Waals surface area contributed by atoms with Gasteiger partial charge in [0.2, 0.25) is 0 Å². The van der Waals surface area contributed by atoms with Crippen LogP contribution in [0.15, 0.2) is 42.5 Å². The third-order valence-corrected chi connectivity index (χ3v) is 5.01. The van der Waals surface area contributed by atoms with E-state index < -0.39 is 0 Å². The largest absolute Gasteiger partial charge is 0.338 e. The molecule has 0 bridgehead atoms. The van der Waals surface area contributed by atoms with Gasteiger partial charge in [0, 0.05) is 18.7 Å². The van der Waals surface area contributed by atoms with Crippen LogP contribution in [0.4, 0.5) is 0 Å². The minimum absolute atomic E-state index is 0. The van der Waals surface area contributed by atoms with Gasteiger partial charge in [0.05, 0.1) is 0 Å². The molecule has 0 spiro atoms. The van der Waals surface area contributed by atoms with Gasteiger partial charge in [0.25, 0.3) is 5.91 Å². The zero-order chi connectivity index (χ0) is 14.2. The molecule has 1 N–H and O–H groups in total. The second-order valence-electron chi connectivity index (χ2n) is 6.24. The summed E-state index contributed by atoms with van der Waals surface area (Å²) in [7, 11) is 0. The Kier molecular flexibility index (Phi) is 4.37. The van der Waals surface area contributed by atoms with Crippen LogP contribution < -0.4 is 5.32 Å². The molecule has 4 heteroatoms. The number of amides is 1. The van der Waals surface area contributed by atoms with E-state index in [9.17, 15) is 4.79 Å². The number of nitrogens with zero attached hydrogens (tertiary/aromatic N) is 1. The predicted molar refractivity (Wildman–Crippen MR) is 91.6 cm³/mol. The first-order chi connectivity index (χ1) is 10.3. The fourth-order valence-corrected chi connectivity index (χ4v) is 3.80. The van der Waals surface area contributed by atoms with E-state index >= 15 is 0 Å². The molecule has 2 fully saturated rings. The smallest absolute Gasteiger partial charge is 0.254 e. The summed E-state index contributed by atoms with van der Waals surface area (Å²) >= 11 is 0. The Labute approximate surface area is 137 Å². The van der Waals surface area contributed by atoms with Gasteiger partial charge in [0.15, 0.2) is 0 Å². The van der Waals surface area contributed by atoms with Crippen molar-refractivity contribution in [1.82, 2.24) is 10.2 Å². The van der Waals surface area contributed by atoms with Crippen molar-refractivity contribution in [3.8, 4) is 0 Å². The van der Waals surface area contributed by atoms with Gasteiger partial charge in [-0.3, -0.25) is 4.79 Å². The molecule has 2 atom stereocenters. The topological polar surface area (TPSA) is 32.3 Å². The molecule has 0 aromatic heterocycles. The maximum absolute atomic E-state index is 12.9. The van der Waals surface area contributed by atoms with Crippen LogP contribution >= 0.6 is 12.4 Å². The molecule has 3 nitrogen and oxygen atoms in total. The van der Waals surface area contributed by atoms with Gasteiger partial charge >= 0.3 is 0 Å². The Morgan fingerprint density at radius 3 is 2.73 bits per heavy atom. The summed E-state index contributed by atoms with van der Waals surface area (Å²) in [5.74, 6) is 1.59. The Morgan fingerprint density at radius 2 is 1.82 bits per heavy atom. The Bertz CT molecular complexity index is 682. The van der Waals surface area contributed by atoms with Crippen LogP contribution in [-0.2, 0) is 0 Å². The molecule has 1 amide bonds. The van der Waals surface area contributed by atoms with E-state index in [4.69, 9.17) is 0 Å².